The molecule has 0 spiro atoms. The van der Waals surface area contributed by atoms with Crippen LogP contribution < -0.4 is 4.74 Å². The average Bonchev–Trinajstić information content (AvgIpc) is 4.09. The molecule has 328 valence electrons. The third kappa shape index (κ3) is 7.26. The monoisotopic (exact) mass is 946 g/mol. The van der Waals surface area contributed by atoms with Gasteiger partial charge in [-0.15, -0.1) is 0 Å². The van der Waals surface area contributed by atoms with E-state index >= 15 is 0 Å². The van der Waals surface area contributed by atoms with Gasteiger partial charge in [-0.05, 0) is 35.4 Å². The number of benzene rings is 4. The summed E-state index contributed by atoms with van der Waals surface area (Å²) in [4.78, 5) is 74.3. The van der Waals surface area contributed by atoms with E-state index in [0.29, 0.717) is 58.1 Å². The number of carbonyl (C=O) groups is 4. The number of allylic oxidation sites excluding steroid dienone is 4. The summed E-state index contributed by atoms with van der Waals surface area (Å²) in [5, 5.41) is 38.6. The van der Waals surface area contributed by atoms with Crippen LogP contribution in [-0.2, 0) is 37.9 Å². The van der Waals surface area contributed by atoms with Crippen molar-refractivity contribution >= 4 is 79.0 Å². The predicted octanol–water partition coefficient (Wildman–Crippen LogP) is 8.44. The lowest BCUT2D eigenvalue weighted by Gasteiger charge is -2.31. The number of thiazole rings is 2. The molecule has 0 fully saturated rings. The Morgan fingerprint density at radius 3 is 1.43 bits per heavy atom. The number of Topliss-reactive ketones (excluding diaryl/α,β-unsaturated/α-hetero) is 2. The van der Waals surface area contributed by atoms with Crippen LogP contribution in [-0.4, -0.2) is 44.9 Å². The molecule has 0 saturated carbocycles. The van der Waals surface area contributed by atoms with Crippen LogP contribution in [0.2, 0.25) is 0 Å². The third-order valence-corrected chi connectivity index (χ3v) is 12.4. The number of ketones is 2. The zero-order valence-electron chi connectivity index (χ0n) is 33.8. The molecule has 3 aliphatic rings. The molecule has 2 aromatic heterocycles. The van der Waals surface area contributed by atoms with Crippen molar-refractivity contribution in [3.8, 4) is 39.9 Å². The van der Waals surface area contributed by atoms with Crippen molar-refractivity contribution in [2.75, 3.05) is 0 Å². The summed E-state index contributed by atoms with van der Waals surface area (Å²) in [5.74, 6) is -11.0. The lowest BCUT2D eigenvalue weighted by molar-refractivity contribution is -0.184. The molecule has 15 nitrogen and oxygen atoms in total. The smallest absolute Gasteiger partial charge is 0.369 e. The Balaban J connectivity index is 1.25. The van der Waals surface area contributed by atoms with E-state index in [0.717, 1.165) is 0 Å². The van der Waals surface area contributed by atoms with Crippen LogP contribution in [0.4, 0.5) is 27.8 Å². The first-order chi connectivity index (χ1) is 32.8. The molecule has 0 saturated heterocycles. The van der Waals surface area contributed by atoms with Crippen LogP contribution in [0.5, 0.6) is 5.88 Å². The number of carbonyl (C=O) groups excluding carboxylic acids is 4. The lowest BCUT2D eigenvalue weighted by atomic mass is 9.95. The molecule has 68 heavy (non-hydrogen) atoms. The van der Waals surface area contributed by atoms with E-state index < -0.39 is 127 Å². The number of hydrogen-bond donors (Lipinski definition) is 0. The third-order valence-electron chi connectivity index (χ3n) is 10.4. The van der Waals surface area contributed by atoms with Gasteiger partial charge in [-0.3, -0.25) is 9.59 Å². The van der Waals surface area contributed by atoms with Crippen molar-refractivity contribution in [2.24, 2.45) is 9.98 Å². The average molecular weight is 947 g/mol. The molecule has 6 aromatic rings. The van der Waals surface area contributed by atoms with E-state index in [1.165, 1.54) is 0 Å². The van der Waals surface area contributed by atoms with Gasteiger partial charge in [-0.1, -0.05) is 83.3 Å². The maximum absolute atomic E-state index is 14.7. The molecule has 0 unspecified atom stereocenters. The summed E-state index contributed by atoms with van der Waals surface area (Å²) in [6.45, 7) is -0.848. The van der Waals surface area contributed by atoms with Crippen molar-refractivity contribution < 1.29 is 51.0 Å². The predicted molar refractivity (Wildman–Crippen MR) is 230 cm³/mol. The Labute approximate surface area is 386 Å². The van der Waals surface area contributed by atoms with Gasteiger partial charge in [0.25, 0.3) is 0 Å². The molecule has 0 atom stereocenters. The highest BCUT2D eigenvalue weighted by Crippen LogP contribution is 2.54. The van der Waals surface area contributed by atoms with E-state index in [2.05, 4.69) is 20.0 Å². The summed E-state index contributed by atoms with van der Waals surface area (Å²) in [6.07, 6.45) is 0. The first-order valence-corrected chi connectivity index (χ1v) is 20.9. The fourth-order valence-electron chi connectivity index (χ4n) is 7.31. The standard InChI is InChI=1S/C47H18F4N8O7S2/c48-29-11-25-27(13-31(29)50)37(60)35(33(25)23(15-52)16-53)56-45-58-41-39(67-45)40-42(59-46(68-40)57-36-34(24(17-54)18-55)26-12-30(49)32(51)14-28(26)38(36)61)66-47(41,43(62)64-19-21-7-3-1-4-8-21)44(63)65-20-22-9-5-2-6-10-22/h1-14H,19-20H2. The van der Waals surface area contributed by atoms with Crippen molar-refractivity contribution in [1.82, 2.24) is 9.97 Å². The molecule has 3 heterocycles. The Morgan fingerprint density at radius 2 is 1.00 bits per heavy atom. The Kier molecular flexibility index (Phi) is 11.2. The summed E-state index contributed by atoms with van der Waals surface area (Å²) < 4.78 is 75.7. The fourth-order valence-corrected chi connectivity index (χ4v) is 9.30. The van der Waals surface area contributed by atoms with Gasteiger partial charge < -0.3 is 14.2 Å². The summed E-state index contributed by atoms with van der Waals surface area (Å²) >= 11 is 1.25. The van der Waals surface area contributed by atoms with Crippen LogP contribution in [0.1, 0.15) is 48.7 Å². The zero-order chi connectivity index (χ0) is 48.0. The van der Waals surface area contributed by atoms with Gasteiger partial charge in [0.2, 0.25) is 27.7 Å². The maximum Gasteiger partial charge on any atom is 0.369 e. The Hall–Kier alpha value is -9.28. The second-order valence-corrected chi connectivity index (χ2v) is 16.3. The van der Waals surface area contributed by atoms with E-state index in [9.17, 15) is 57.8 Å². The number of hydrogen-bond acceptors (Lipinski definition) is 17. The molecule has 4 aromatic carbocycles. The summed E-state index contributed by atoms with van der Waals surface area (Å²) in [5.41, 5.74) is -7.69. The van der Waals surface area contributed by atoms with Gasteiger partial charge in [0.05, 0.1) is 4.88 Å². The molecule has 0 radical (unpaired) electrons. The molecular formula is C47H18F4N8O7S2. The highest BCUT2D eigenvalue weighted by atomic mass is 32.1. The number of rotatable bonds is 8. The van der Waals surface area contributed by atoms with Gasteiger partial charge >= 0.3 is 17.5 Å². The number of ether oxygens (including phenoxy) is 3. The summed E-state index contributed by atoms with van der Waals surface area (Å²) in [7, 11) is 0. The maximum atomic E-state index is 14.7. The minimum Gasteiger partial charge on any atom is -0.457 e. The minimum atomic E-state index is -3.01. The van der Waals surface area contributed by atoms with Crippen LogP contribution >= 0.6 is 22.7 Å². The van der Waals surface area contributed by atoms with E-state index in [-0.39, 0.29) is 26.0 Å². The highest BCUT2D eigenvalue weighted by Gasteiger charge is 2.61. The molecule has 2 aliphatic carbocycles. The molecule has 0 bridgehead atoms. The van der Waals surface area contributed by atoms with Crippen LogP contribution in [0.25, 0.3) is 20.9 Å². The molecule has 21 heteroatoms. The number of aromatic nitrogens is 2. The Bertz CT molecular complexity index is 3490. The molecule has 0 N–H and O–H groups in total. The summed E-state index contributed by atoms with van der Waals surface area (Å²) in [6, 6.07) is 25.4. The number of nitrogens with zero attached hydrogens (tertiary/aromatic N) is 8. The SMILES string of the molecule is N#CC(C#N)=C1C(=Nc2nc3c(s2)-c2sc(N=C4C(=O)c5cc(F)c(F)cc5C4=C(C#N)C#N)nc2C(C(=O)OCc2ccccc2)(C(=O)OCc2ccccc2)O3)C(=O)c2cc(F)c(F)cc21. The molecule has 9 rings (SSSR count). The van der Waals surface area contributed by atoms with Crippen LogP contribution in [0.15, 0.2) is 106 Å². The second-order valence-electron chi connectivity index (χ2n) is 14.4. The normalized spacial score (nSPS) is 14.9. The van der Waals surface area contributed by atoms with Crippen molar-refractivity contribution in [3.63, 3.8) is 0 Å². The number of aliphatic imine (C=N–C) groups is 2. The fraction of sp³-hybridized carbons (Fsp3) is 0.0638. The van der Waals surface area contributed by atoms with Gasteiger partial charge in [0, 0.05) is 33.4 Å². The second kappa shape index (κ2) is 17.3. The molecule has 0 amide bonds. The van der Waals surface area contributed by atoms with Crippen LogP contribution in [0.3, 0.4) is 0 Å². The number of fused-ring (bicyclic) bond motifs is 5. The van der Waals surface area contributed by atoms with Gasteiger partial charge in [0.1, 0.15) is 70.6 Å². The largest absolute Gasteiger partial charge is 0.457 e. The first kappa shape index (κ1) is 43.9. The van der Waals surface area contributed by atoms with E-state index in [1.54, 1.807) is 84.9 Å². The lowest BCUT2D eigenvalue weighted by Crippen LogP contribution is -2.52. The zero-order valence-corrected chi connectivity index (χ0v) is 35.4. The van der Waals surface area contributed by atoms with Crippen LogP contribution in [0, 0.1) is 68.6 Å². The van der Waals surface area contributed by atoms with Gasteiger partial charge in [-0.2, -0.15) is 26.0 Å². The minimum absolute atomic E-state index is 0.0484. The van der Waals surface area contributed by atoms with Crippen molar-refractivity contribution in [2.45, 2.75) is 18.8 Å². The number of nitriles is 4. The van der Waals surface area contributed by atoms with Gasteiger partial charge in [0.15, 0.2) is 23.3 Å². The van der Waals surface area contributed by atoms with E-state index in [4.69, 9.17) is 14.2 Å². The van der Waals surface area contributed by atoms with E-state index in [1.807, 2.05) is 0 Å². The first-order valence-electron chi connectivity index (χ1n) is 19.3. The number of halogens is 4. The molecule has 1 aliphatic heterocycles. The Morgan fingerprint density at radius 1 is 0.603 bits per heavy atom. The number of esters is 2. The topological polar surface area (TPSA) is 242 Å². The highest BCUT2D eigenvalue weighted by molar-refractivity contribution is 7.25. The quantitative estimate of drug-likeness (QED) is 0.0603. The van der Waals surface area contributed by atoms with Gasteiger partial charge in [-0.25, -0.2) is 42.1 Å². The molecular weight excluding hydrogens is 929 g/mol. The van der Waals surface area contributed by atoms with Crippen molar-refractivity contribution in [3.05, 3.63) is 158 Å². The van der Waals surface area contributed by atoms with Crippen molar-refractivity contribution in [1.29, 1.82) is 21.0 Å².